The first-order valence-electron chi connectivity index (χ1n) is 6.99. The molecule has 1 aliphatic carbocycles. The molecule has 1 aliphatic rings. The molecule has 1 aromatic carbocycles. The highest BCUT2D eigenvalue weighted by atomic mass is 19.1. The van der Waals surface area contributed by atoms with Crippen LogP contribution in [0, 0.1) is 17.7 Å². The second-order valence-electron chi connectivity index (χ2n) is 5.41. The number of rotatable bonds is 5. The van der Waals surface area contributed by atoms with Crippen molar-refractivity contribution < 1.29 is 19.4 Å². The van der Waals surface area contributed by atoms with E-state index in [1.54, 1.807) is 6.07 Å². The van der Waals surface area contributed by atoms with Gasteiger partial charge in [-0.15, -0.1) is 0 Å². The van der Waals surface area contributed by atoms with E-state index in [9.17, 15) is 14.3 Å². The fourth-order valence-corrected chi connectivity index (χ4v) is 2.84. The Morgan fingerprint density at radius 1 is 1.35 bits per heavy atom. The minimum atomic E-state index is -0.716. The molecular weight excluding hydrogens is 261 g/mol. The van der Waals surface area contributed by atoms with Gasteiger partial charge in [0.15, 0.2) is 11.6 Å². The molecule has 1 saturated carbocycles. The maximum Gasteiger partial charge on any atom is 0.306 e. The summed E-state index contributed by atoms with van der Waals surface area (Å²) in [5.74, 6) is -1.83. The Morgan fingerprint density at radius 3 is 2.80 bits per heavy atom. The van der Waals surface area contributed by atoms with E-state index in [4.69, 9.17) is 5.11 Å². The summed E-state index contributed by atoms with van der Waals surface area (Å²) in [5.41, 5.74) is 0.739. The second-order valence-corrected chi connectivity index (χ2v) is 5.41. The predicted molar refractivity (Wildman–Crippen MR) is 72.9 cm³/mol. The van der Waals surface area contributed by atoms with Crippen LogP contribution in [-0.2, 0) is 11.3 Å². The maximum atomic E-state index is 13.2. The molecule has 20 heavy (non-hydrogen) atoms. The van der Waals surface area contributed by atoms with Gasteiger partial charge < -0.3 is 15.5 Å². The highest BCUT2D eigenvalue weighted by Crippen LogP contribution is 2.29. The number of phenols is 1. The number of aliphatic carboxylic acids is 1. The van der Waals surface area contributed by atoms with Gasteiger partial charge in [-0.25, -0.2) is 4.39 Å². The lowest BCUT2D eigenvalue weighted by Crippen LogP contribution is -2.34. The lowest BCUT2D eigenvalue weighted by Gasteiger charge is -2.28. The van der Waals surface area contributed by atoms with Gasteiger partial charge in [-0.05, 0) is 43.0 Å². The molecule has 0 bridgehead atoms. The summed E-state index contributed by atoms with van der Waals surface area (Å²) in [6, 6.07) is 4.27. The molecule has 1 aromatic rings. The third-order valence-corrected chi connectivity index (χ3v) is 3.97. The number of hydrogen-bond donors (Lipinski definition) is 3. The van der Waals surface area contributed by atoms with Crippen molar-refractivity contribution in [3.63, 3.8) is 0 Å². The first-order valence-corrected chi connectivity index (χ1v) is 6.99. The van der Waals surface area contributed by atoms with Crippen molar-refractivity contribution in [2.45, 2.75) is 32.2 Å². The summed E-state index contributed by atoms with van der Waals surface area (Å²) in [5, 5.41) is 21.5. The minimum absolute atomic E-state index is 0.142. The molecule has 2 rings (SSSR count). The average molecular weight is 281 g/mol. The van der Waals surface area contributed by atoms with Crippen LogP contribution in [0.3, 0.4) is 0 Å². The summed E-state index contributed by atoms with van der Waals surface area (Å²) < 4.78 is 13.2. The Labute approximate surface area is 117 Å². The predicted octanol–water partition coefficient (Wildman–Crippen LogP) is 2.51. The van der Waals surface area contributed by atoms with Crippen molar-refractivity contribution in [1.29, 1.82) is 0 Å². The zero-order valence-electron chi connectivity index (χ0n) is 11.3. The van der Waals surface area contributed by atoms with Crippen LogP contribution in [0.4, 0.5) is 4.39 Å². The molecule has 0 amide bonds. The number of halogens is 1. The summed E-state index contributed by atoms with van der Waals surface area (Å²) in [7, 11) is 0. The summed E-state index contributed by atoms with van der Waals surface area (Å²) in [6.07, 6.45) is 3.73. The third-order valence-electron chi connectivity index (χ3n) is 3.97. The minimum Gasteiger partial charge on any atom is -0.505 e. The molecule has 5 heteroatoms. The van der Waals surface area contributed by atoms with Crippen molar-refractivity contribution in [1.82, 2.24) is 5.32 Å². The fraction of sp³-hybridized carbons (Fsp3) is 0.533. The molecule has 2 unspecified atom stereocenters. The molecule has 0 saturated heterocycles. The number of aromatic hydroxyl groups is 1. The monoisotopic (exact) mass is 281 g/mol. The normalized spacial score (nSPS) is 22.6. The third kappa shape index (κ3) is 3.70. The van der Waals surface area contributed by atoms with Crippen LogP contribution in [0.5, 0.6) is 5.75 Å². The number of carboxylic acid groups (broad SMARTS) is 1. The molecule has 110 valence electrons. The number of carboxylic acids is 1. The first-order chi connectivity index (χ1) is 9.58. The van der Waals surface area contributed by atoms with Crippen LogP contribution in [-0.4, -0.2) is 22.7 Å². The van der Waals surface area contributed by atoms with Gasteiger partial charge in [-0.3, -0.25) is 4.79 Å². The van der Waals surface area contributed by atoms with E-state index < -0.39 is 11.8 Å². The van der Waals surface area contributed by atoms with E-state index in [2.05, 4.69) is 5.32 Å². The summed E-state index contributed by atoms with van der Waals surface area (Å²) >= 11 is 0. The number of phenolic OH excluding ortho intramolecular Hbond substituents is 1. The molecule has 0 aromatic heterocycles. The Hall–Kier alpha value is -1.62. The Bertz CT molecular complexity index is 478. The van der Waals surface area contributed by atoms with Crippen LogP contribution >= 0.6 is 0 Å². The molecule has 1 fully saturated rings. The van der Waals surface area contributed by atoms with E-state index in [1.807, 2.05) is 0 Å². The topological polar surface area (TPSA) is 69.6 Å². The summed E-state index contributed by atoms with van der Waals surface area (Å²) in [4.78, 5) is 11.2. The van der Waals surface area contributed by atoms with Crippen molar-refractivity contribution in [2.75, 3.05) is 6.54 Å². The van der Waals surface area contributed by atoms with Gasteiger partial charge in [0.05, 0.1) is 5.92 Å². The molecule has 2 atom stereocenters. The van der Waals surface area contributed by atoms with Crippen LogP contribution < -0.4 is 5.32 Å². The molecule has 0 spiro atoms. The van der Waals surface area contributed by atoms with E-state index >= 15 is 0 Å². The number of hydrogen-bond acceptors (Lipinski definition) is 3. The Morgan fingerprint density at radius 2 is 2.10 bits per heavy atom. The van der Waals surface area contributed by atoms with Crippen LogP contribution in [0.15, 0.2) is 18.2 Å². The Balaban J connectivity index is 1.85. The fourth-order valence-electron chi connectivity index (χ4n) is 2.84. The van der Waals surface area contributed by atoms with Gasteiger partial charge in [0, 0.05) is 6.54 Å². The van der Waals surface area contributed by atoms with Gasteiger partial charge in [-0.1, -0.05) is 18.9 Å². The lowest BCUT2D eigenvalue weighted by molar-refractivity contribution is -0.144. The number of carbonyl (C=O) groups is 1. The zero-order chi connectivity index (χ0) is 14.5. The van der Waals surface area contributed by atoms with Crippen molar-refractivity contribution in [2.24, 2.45) is 11.8 Å². The standard InChI is InChI=1S/C15H20FNO3/c16-13-7-10(5-6-14(13)18)8-17-9-11-3-1-2-4-12(11)15(19)20/h5-7,11-12,17-18H,1-4,8-9H2,(H,19,20). The molecule has 3 N–H and O–H groups in total. The van der Waals surface area contributed by atoms with Crippen molar-refractivity contribution >= 4 is 5.97 Å². The zero-order valence-corrected chi connectivity index (χ0v) is 11.3. The Kier molecular flexibility index (Phi) is 4.95. The van der Waals surface area contributed by atoms with Crippen LogP contribution in [0.1, 0.15) is 31.2 Å². The quantitative estimate of drug-likeness (QED) is 0.775. The molecule has 0 aliphatic heterocycles. The SMILES string of the molecule is O=C(O)C1CCCCC1CNCc1ccc(O)c(F)c1. The van der Waals surface area contributed by atoms with Gasteiger partial charge in [0.1, 0.15) is 0 Å². The van der Waals surface area contributed by atoms with E-state index in [1.165, 1.54) is 12.1 Å². The smallest absolute Gasteiger partial charge is 0.306 e. The highest BCUT2D eigenvalue weighted by Gasteiger charge is 2.30. The average Bonchev–Trinajstić information content (AvgIpc) is 2.43. The van der Waals surface area contributed by atoms with E-state index in [0.29, 0.717) is 13.1 Å². The van der Waals surface area contributed by atoms with Gasteiger partial charge in [-0.2, -0.15) is 0 Å². The van der Waals surface area contributed by atoms with E-state index in [0.717, 1.165) is 31.2 Å². The number of nitrogens with one attached hydrogen (secondary N) is 1. The van der Waals surface area contributed by atoms with E-state index in [-0.39, 0.29) is 17.6 Å². The number of benzene rings is 1. The second kappa shape index (κ2) is 6.70. The lowest BCUT2D eigenvalue weighted by atomic mass is 9.79. The molecular formula is C15H20FNO3. The van der Waals surface area contributed by atoms with Crippen molar-refractivity contribution in [3.8, 4) is 5.75 Å². The van der Waals surface area contributed by atoms with Gasteiger partial charge in [0.2, 0.25) is 0 Å². The first kappa shape index (κ1) is 14.8. The van der Waals surface area contributed by atoms with Gasteiger partial charge in [0.25, 0.3) is 0 Å². The summed E-state index contributed by atoms with van der Waals surface area (Å²) in [6.45, 7) is 1.10. The molecule has 4 nitrogen and oxygen atoms in total. The maximum absolute atomic E-state index is 13.2. The van der Waals surface area contributed by atoms with Crippen LogP contribution in [0.25, 0.3) is 0 Å². The van der Waals surface area contributed by atoms with Gasteiger partial charge >= 0.3 is 5.97 Å². The van der Waals surface area contributed by atoms with Crippen molar-refractivity contribution in [3.05, 3.63) is 29.6 Å². The molecule has 0 heterocycles. The molecule has 0 radical (unpaired) electrons. The van der Waals surface area contributed by atoms with Crippen LogP contribution in [0.2, 0.25) is 0 Å². The largest absolute Gasteiger partial charge is 0.505 e. The highest BCUT2D eigenvalue weighted by molar-refractivity contribution is 5.70.